The van der Waals surface area contributed by atoms with Crippen LogP contribution in [0, 0.1) is 0 Å². The van der Waals surface area contributed by atoms with Crippen LogP contribution in [0.4, 0.5) is 0 Å². The third-order valence-corrected chi connectivity index (χ3v) is 5.14. The summed E-state index contributed by atoms with van der Waals surface area (Å²) in [6, 6.07) is 26.3. The molecule has 108 valence electrons. The van der Waals surface area contributed by atoms with Gasteiger partial charge in [0, 0.05) is 25.1 Å². The molecule has 3 rings (SSSR count). The summed E-state index contributed by atoms with van der Waals surface area (Å²) >= 11 is 3.32. The van der Waals surface area contributed by atoms with Gasteiger partial charge in [0.1, 0.15) is 0 Å². The predicted octanol–water partition coefficient (Wildman–Crippen LogP) is 5.80. The van der Waals surface area contributed by atoms with E-state index in [2.05, 4.69) is 30.3 Å². The van der Waals surface area contributed by atoms with Crippen molar-refractivity contribution in [3.8, 4) is 0 Å². The minimum atomic E-state index is 0.728. The summed E-state index contributed by atoms with van der Waals surface area (Å²) in [6.07, 6.45) is 0.919. The Kier molecular flexibility index (Phi) is 4.99. The van der Waals surface area contributed by atoms with Crippen molar-refractivity contribution in [3.05, 3.63) is 84.4 Å². The van der Waals surface area contributed by atoms with Gasteiger partial charge in [-0.05, 0) is 42.5 Å². The minimum Gasteiger partial charge on any atom is -0.298 e. The largest absolute Gasteiger partial charge is 0.298 e. The highest BCUT2D eigenvalue weighted by atomic mass is 32.2. The van der Waals surface area contributed by atoms with Gasteiger partial charge >= 0.3 is 0 Å². The molecule has 0 fully saturated rings. The first-order valence-electron chi connectivity index (χ1n) is 6.90. The zero-order valence-electron chi connectivity index (χ0n) is 11.8. The van der Waals surface area contributed by atoms with Gasteiger partial charge in [0.25, 0.3) is 0 Å². The molecule has 0 aliphatic heterocycles. The van der Waals surface area contributed by atoms with E-state index in [1.165, 1.54) is 4.90 Å². The second kappa shape index (κ2) is 7.34. The Labute approximate surface area is 138 Å². The molecule has 3 aromatic carbocycles. The molecule has 0 spiro atoms. The number of hydrogen-bond donors (Lipinski definition) is 0. The van der Waals surface area contributed by atoms with Gasteiger partial charge < -0.3 is 0 Å². The SMILES string of the molecule is O=Cc1ccc(Sc2ccccc2)cc1Sc1ccccc1. The molecule has 0 unspecified atom stereocenters. The van der Waals surface area contributed by atoms with Crippen molar-refractivity contribution < 1.29 is 4.79 Å². The van der Waals surface area contributed by atoms with Gasteiger partial charge in [0.2, 0.25) is 0 Å². The van der Waals surface area contributed by atoms with Crippen LogP contribution < -0.4 is 0 Å². The van der Waals surface area contributed by atoms with E-state index in [-0.39, 0.29) is 0 Å². The maximum Gasteiger partial charge on any atom is 0.151 e. The van der Waals surface area contributed by atoms with Crippen LogP contribution in [0.2, 0.25) is 0 Å². The maximum atomic E-state index is 11.3. The molecule has 1 nitrogen and oxygen atoms in total. The molecule has 0 saturated heterocycles. The highest BCUT2D eigenvalue weighted by molar-refractivity contribution is 8.00. The van der Waals surface area contributed by atoms with Crippen LogP contribution in [0.15, 0.2) is 98.4 Å². The van der Waals surface area contributed by atoms with Crippen LogP contribution in [-0.2, 0) is 0 Å². The van der Waals surface area contributed by atoms with Crippen LogP contribution in [0.25, 0.3) is 0 Å². The molecule has 0 aliphatic rings. The average Bonchev–Trinajstić information content (AvgIpc) is 2.57. The fourth-order valence-corrected chi connectivity index (χ4v) is 3.92. The lowest BCUT2D eigenvalue weighted by atomic mass is 10.2. The van der Waals surface area contributed by atoms with Crippen molar-refractivity contribution in [1.29, 1.82) is 0 Å². The zero-order chi connectivity index (χ0) is 15.2. The second-order valence-electron chi connectivity index (χ2n) is 4.65. The molecule has 3 aromatic rings. The summed E-state index contributed by atoms with van der Waals surface area (Å²) in [5.41, 5.74) is 0.728. The average molecular weight is 322 g/mol. The first-order chi connectivity index (χ1) is 10.8. The number of benzene rings is 3. The van der Waals surface area contributed by atoms with E-state index in [0.717, 1.165) is 26.5 Å². The molecule has 0 aromatic heterocycles. The summed E-state index contributed by atoms with van der Waals surface area (Å²) in [7, 11) is 0. The number of rotatable bonds is 5. The molecule has 0 heterocycles. The zero-order valence-corrected chi connectivity index (χ0v) is 13.4. The highest BCUT2D eigenvalue weighted by Crippen LogP contribution is 2.35. The molecule has 0 amide bonds. The van der Waals surface area contributed by atoms with Gasteiger partial charge in [0.15, 0.2) is 6.29 Å². The second-order valence-corrected chi connectivity index (χ2v) is 6.91. The molecule has 0 radical (unpaired) electrons. The Bertz CT molecular complexity index is 755. The number of carbonyl (C=O) groups is 1. The van der Waals surface area contributed by atoms with Crippen LogP contribution in [0.1, 0.15) is 10.4 Å². The molecule has 0 aliphatic carbocycles. The van der Waals surface area contributed by atoms with Crippen LogP contribution in [-0.4, -0.2) is 6.29 Å². The Morgan fingerprint density at radius 1 is 0.636 bits per heavy atom. The van der Waals surface area contributed by atoms with Gasteiger partial charge in [-0.2, -0.15) is 0 Å². The third kappa shape index (κ3) is 3.81. The lowest BCUT2D eigenvalue weighted by Gasteiger charge is -2.08. The van der Waals surface area contributed by atoms with Gasteiger partial charge in [-0.15, -0.1) is 0 Å². The van der Waals surface area contributed by atoms with Gasteiger partial charge in [-0.3, -0.25) is 4.79 Å². The Hall–Kier alpha value is -1.97. The number of carbonyl (C=O) groups excluding carboxylic acids is 1. The standard InChI is InChI=1S/C19H14OS2/c20-14-15-11-12-18(21-16-7-3-1-4-8-16)13-19(15)22-17-9-5-2-6-10-17/h1-14H. The normalized spacial score (nSPS) is 10.4. The molecule has 22 heavy (non-hydrogen) atoms. The first-order valence-corrected chi connectivity index (χ1v) is 8.53. The summed E-state index contributed by atoms with van der Waals surface area (Å²) < 4.78 is 0. The van der Waals surface area contributed by atoms with E-state index < -0.39 is 0 Å². The van der Waals surface area contributed by atoms with E-state index in [1.54, 1.807) is 23.5 Å². The van der Waals surface area contributed by atoms with Crippen molar-refractivity contribution in [2.45, 2.75) is 19.6 Å². The highest BCUT2D eigenvalue weighted by Gasteiger charge is 2.06. The molecule has 0 atom stereocenters. The van der Waals surface area contributed by atoms with E-state index in [1.807, 2.05) is 48.5 Å². The lowest BCUT2D eigenvalue weighted by Crippen LogP contribution is -1.86. The monoisotopic (exact) mass is 322 g/mol. The van der Waals surface area contributed by atoms with E-state index in [4.69, 9.17) is 0 Å². The quantitative estimate of drug-likeness (QED) is 0.552. The van der Waals surface area contributed by atoms with Gasteiger partial charge in [0.05, 0.1) is 0 Å². The fourth-order valence-electron chi connectivity index (χ4n) is 2.00. The summed E-state index contributed by atoms with van der Waals surface area (Å²) in [6.45, 7) is 0. The van der Waals surface area contributed by atoms with E-state index in [9.17, 15) is 4.79 Å². The predicted molar refractivity (Wildman–Crippen MR) is 93.0 cm³/mol. The van der Waals surface area contributed by atoms with Crippen molar-refractivity contribution in [2.24, 2.45) is 0 Å². The van der Waals surface area contributed by atoms with Gasteiger partial charge in [-0.1, -0.05) is 59.9 Å². The fraction of sp³-hybridized carbons (Fsp3) is 0. The van der Waals surface area contributed by atoms with Crippen molar-refractivity contribution >= 4 is 29.8 Å². The molecule has 0 bridgehead atoms. The summed E-state index contributed by atoms with van der Waals surface area (Å²) in [4.78, 5) is 15.7. The number of aldehydes is 1. The van der Waals surface area contributed by atoms with Crippen LogP contribution in [0.5, 0.6) is 0 Å². The molecule has 0 N–H and O–H groups in total. The van der Waals surface area contributed by atoms with Crippen LogP contribution >= 0.6 is 23.5 Å². The van der Waals surface area contributed by atoms with E-state index in [0.29, 0.717) is 0 Å². The summed E-state index contributed by atoms with van der Waals surface area (Å²) in [5.74, 6) is 0. The smallest absolute Gasteiger partial charge is 0.151 e. The minimum absolute atomic E-state index is 0.728. The molecule has 3 heteroatoms. The summed E-state index contributed by atoms with van der Waals surface area (Å²) in [5, 5.41) is 0. The van der Waals surface area contributed by atoms with Crippen molar-refractivity contribution in [2.75, 3.05) is 0 Å². The van der Waals surface area contributed by atoms with Crippen LogP contribution in [0.3, 0.4) is 0 Å². The van der Waals surface area contributed by atoms with E-state index >= 15 is 0 Å². The molecular formula is C19H14OS2. The van der Waals surface area contributed by atoms with Gasteiger partial charge in [-0.25, -0.2) is 0 Å². The Morgan fingerprint density at radius 2 is 1.23 bits per heavy atom. The lowest BCUT2D eigenvalue weighted by molar-refractivity contribution is 0.112. The number of hydrogen-bond acceptors (Lipinski definition) is 3. The van der Waals surface area contributed by atoms with Crippen molar-refractivity contribution in [1.82, 2.24) is 0 Å². The third-order valence-electron chi connectivity index (χ3n) is 3.06. The Balaban J connectivity index is 1.88. The first kappa shape index (κ1) is 14.9. The molecule has 0 saturated carbocycles. The molecular weight excluding hydrogens is 308 g/mol. The topological polar surface area (TPSA) is 17.1 Å². The maximum absolute atomic E-state index is 11.3. The van der Waals surface area contributed by atoms with Crippen molar-refractivity contribution in [3.63, 3.8) is 0 Å². The Morgan fingerprint density at radius 3 is 1.82 bits per heavy atom.